The van der Waals surface area contributed by atoms with Gasteiger partial charge in [-0.2, -0.15) is 4.37 Å². The zero-order valence-corrected chi connectivity index (χ0v) is 20.6. The third-order valence-electron chi connectivity index (χ3n) is 6.60. The minimum absolute atomic E-state index is 0.0136. The highest BCUT2D eigenvalue weighted by Gasteiger charge is 2.38. The van der Waals surface area contributed by atoms with Crippen molar-refractivity contribution in [3.05, 3.63) is 76.7 Å². The first kappa shape index (κ1) is 24.4. The molecule has 0 bridgehead atoms. The van der Waals surface area contributed by atoms with Gasteiger partial charge < -0.3 is 21.8 Å². The van der Waals surface area contributed by atoms with E-state index < -0.39 is 23.7 Å². The Balaban J connectivity index is 1.68. The molecule has 0 unspecified atom stereocenters. The van der Waals surface area contributed by atoms with E-state index >= 15 is 0 Å². The first-order chi connectivity index (χ1) is 17.8. The van der Waals surface area contributed by atoms with Crippen molar-refractivity contribution in [1.29, 1.82) is 0 Å². The average molecular weight is 521 g/mol. The van der Waals surface area contributed by atoms with E-state index in [4.69, 9.17) is 11.5 Å². The van der Waals surface area contributed by atoms with Crippen LogP contribution in [0.5, 0.6) is 0 Å². The van der Waals surface area contributed by atoms with Gasteiger partial charge in [0.25, 0.3) is 11.8 Å². The molecule has 3 amide bonds. The minimum Gasteiger partial charge on any atom is -0.395 e. The number of aromatic nitrogens is 2. The van der Waals surface area contributed by atoms with Gasteiger partial charge in [-0.3, -0.25) is 19.3 Å². The Morgan fingerprint density at radius 3 is 2.49 bits per heavy atom. The molecule has 2 aromatic heterocycles. The third-order valence-corrected chi connectivity index (χ3v) is 7.45. The molecule has 1 aliphatic rings. The van der Waals surface area contributed by atoms with E-state index in [2.05, 4.69) is 14.7 Å². The van der Waals surface area contributed by atoms with Gasteiger partial charge in [0, 0.05) is 34.4 Å². The maximum Gasteiger partial charge on any atom is 0.273 e. The van der Waals surface area contributed by atoms with Crippen LogP contribution in [0.2, 0.25) is 0 Å². The van der Waals surface area contributed by atoms with E-state index in [1.54, 1.807) is 6.20 Å². The largest absolute Gasteiger partial charge is 0.395 e. The number of carbonyl (C=O) groups is 3. The molecule has 9 nitrogen and oxygen atoms in total. The average Bonchev–Trinajstić information content (AvgIpc) is 3.63. The zero-order valence-electron chi connectivity index (χ0n) is 19.7. The van der Waals surface area contributed by atoms with Crippen molar-refractivity contribution in [2.24, 2.45) is 5.73 Å². The molecule has 1 aliphatic carbocycles. The number of para-hydroxylation sites is 1. The summed E-state index contributed by atoms with van der Waals surface area (Å²) < 4.78 is 17.8. The summed E-state index contributed by atoms with van der Waals surface area (Å²) in [5, 5.41) is 3.85. The van der Waals surface area contributed by atoms with Gasteiger partial charge in [-0.15, -0.1) is 0 Å². The van der Waals surface area contributed by atoms with Gasteiger partial charge in [-0.05, 0) is 54.7 Å². The second-order valence-corrected chi connectivity index (χ2v) is 9.75. The lowest BCUT2D eigenvalue weighted by molar-refractivity contribution is -0.123. The SMILES string of the molecule is NC(=O)c1nsc(C(=O)N(c2ccc(F)cc2)[C@@H](C(=O)NC2CCCC2)c2c[nH]c3ccccc23)c1N. The van der Waals surface area contributed by atoms with Gasteiger partial charge in [0.1, 0.15) is 16.7 Å². The second kappa shape index (κ2) is 10.0. The maximum absolute atomic E-state index is 14.1. The summed E-state index contributed by atoms with van der Waals surface area (Å²) in [6.07, 6.45) is 5.41. The number of carbonyl (C=O) groups excluding carboxylic acids is 3. The fraction of sp³-hybridized carbons (Fsp3) is 0.231. The quantitative estimate of drug-likeness (QED) is 0.292. The molecular formula is C26H25FN6O3S. The van der Waals surface area contributed by atoms with Crippen molar-refractivity contribution in [2.75, 3.05) is 10.6 Å². The Morgan fingerprint density at radius 2 is 1.81 bits per heavy atom. The van der Waals surface area contributed by atoms with E-state index in [0.717, 1.165) is 48.1 Å². The van der Waals surface area contributed by atoms with Crippen molar-refractivity contribution in [3.63, 3.8) is 0 Å². The summed E-state index contributed by atoms with van der Waals surface area (Å²) in [6, 6.07) is 11.6. The lowest BCUT2D eigenvalue weighted by atomic mass is 10.0. The van der Waals surface area contributed by atoms with Crippen LogP contribution >= 0.6 is 11.5 Å². The van der Waals surface area contributed by atoms with Crippen molar-refractivity contribution >= 4 is 51.5 Å². The van der Waals surface area contributed by atoms with Crippen molar-refractivity contribution in [1.82, 2.24) is 14.7 Å². The smallest absolute Gasteiger partial charge is 0.273 e. The molecule has 6 N–H and O–H groups in total. The molecule has 0 aliphatic heterocycles. The number of primary amides is 1. The number of benzene rings is 2. The van der Waals surface area contributed by atoms with E-state index in [1.807, 2.05) is 24.3 Å². The van der Waals surface area contributed by atoms with E-state index in [-0.39, 0.29) is 33.9 Å². The van der Waals surface area contributed by atoms with E-state index in [0.29, 0.717) is 5.56 Å². The van der Waals surface area contributed by atoms with Crippen LogP contribution in [0.25, 0.3) is 10.9 Å². The van der Waals surface area contributed by atoms with Crippen LogP contribution in [0.15, 0.2) is 54.7 Å². The van der Waals surface area contributed by atoms with E-state index in [1.165, 1.54) is 29.2 Å². The van der Waals surface area contributed by atoms with Crippen molar-refractivity contribution in [2.45, 2.75) is 37.8 Å². The fourth-order valence-electron chi connectivity index (χ4n) is 4.79. The number of amides is 3. The lowest BCUT2D eigenvalue weighted by Gasteiger charge is -2.32. The Kier molecular flexibility index (Phi) is 6.62. The summed E-state index contributed by atoms with van der Waals surface area (Å²) in [5.41, 5.74) is 12.7. The number of nitrogens with two attached hydrogens (primary N) is 2. The van der Waals surface area contributed by atoms with Crippen LogP contribution in [0.1, 0.15) is 57.4 Å². The van der Waals surface area contributed by atoms with Crippen molar-refractivity contribution < 1.29 is 18.8 Å². The standard InChI is InChI=1S/C26H25FN6O3S/c27-14-9-11-16(12-10-14)33(26(36)23-20(28)21(24(29)34)32-37-23)22(25(35)31-15-5-1-2-6-15)18-13-30-19-8-4-3-7-17(18)19/h3-4,7-13,15,22,30H,1-2,5-6,28H2,(H2,29,34)(H,31,35)/t22-/m1/s1. The molecule has 5 rings (SSSR count). The van der Waals surface area contributed by atoms with Crippen molar-refractivity contribution in [3.8, 4) is 0 Å². The van der Waals surface area contributed by atoms with Gasteiger partial charge in [0.05, 0.1) is 5.69 Å². The van der Waals surface area contributed by atoms with Gasteiger partial charge in [-0.1, -0.05) is 31.0 Å². The molecule has 0 radical (unpaired) electrons. The highest BCUT2D eigenvalue weighted by molar-refractivity contribution is 7.09. The molecule has 2 aromatic carbocycles. The number of anilines is 2. The summed E-state index contributed by atoms with van der Waals surface area (Å²) >= 11 is 0.721. The van der Waals surface area contributed by atoms with Crippen LogP contribution in [0, 0.1) is 5.82 Å². The number of nitrogen functional groups attached to an aromatic ring is 1. The van der Waals surface area contributed by atoms with Crippen LogP contribution in [0.3, 0.4) is 0 Å². The lowest BCUT2D eigenvalue weighted by Crippen LogP contribution is -2.46. The van der Waals surface area contributed by atoms with E-state index in [9.17, 15) is 18.8 Å². The number of nitrogens with zero attached hydrogens (tertiary/aromatic N) is 2. The summed E-state index contributed by atoms with van der Waals surface area (Å²) in [4.78, 5) is 44.2. The zero-order chi connectivity index (χ0) is 26.1. The second-order valence-electron chi connectivity index (χ2n) is 8.97. The number of hydrogen-bond acceptors (Lipinski definition) is 6. The Morgan fingerprint density at radius 1 is 1.11 bits per heavy atom. The number of H-pyrrole nitrogens is 1. The molecular weight excluding hydrogens is 495 g/mol. The number of halogens is 1. The summed E-state index contributed by atoms with van der Waals surface area (Å²) in [6.45, 7) is 0. The highest BCUT2D eigenvalue weighted by Crippen LogP contribution is 2.36. The molecule has 0 saturated heterocycles. The molecule has 37 heavy (non-hydrogen) atoms. The maximum atomic E-state index is 14.1. The topological polar surface area (TPSA) is 147 Å². The molecule has 1 atom stereocenters. The van der Waals surface area contributed by atoms with Crippen LogP contribution < -0.4 is 21.7 Å². The Bertz CT molecular complexity index is 1480. The predicted molar refractivity (Wildman–Crippen MR) is 140 cm³/mol. The number of fused-ring (bicyclic) bond motifs is 1. The molecule has 11 heteroatoms. The molecule has 190 valence electrons. The number of rotatable bonds is 7. The third kappa shape index (κ3) is 4.65. The first-order valence-electron chi connectivity index (χ1n) is 11.9. The normalized spacial score (nSPS) is 14.5. The number of aromatic amines is 1. The Hall–Kier alpha value is -4.25. The highest BCUT2D eigenvalue weighted by atomic mass is 32.1. The van der Waals surface area contributed by atoms with Gasteiger partial charge >= 0.3 is 0 Å². The number of nitrogens with one attached hydrogen (secondary N) is 2. The Labute approximate surface area is 215 Å². The minimum atomic E-state index is -1.13. The first-order valence-corrected chi connectivity index (χ1v) is 12.6. The molecule has 1 saturated carbocycles. The molecule has 4 aromatic rings. The number of hydrogen-bond donors (Lipinski definition) is 4. The monoisotopic (exact) mass is 520 g/mol. The summed E-state index contributed by atoms with van der Waals surface area (Å²) in [7, 11) is 0. The van der Waals surface area contributed by atoms with Crippen LogP contribution in [-0.2, 0) is 4.79 Å². The summed E-state index contributed by atoms with van der Waals surface area (Å²) in [5.74, 6) is -2.41. The van der Waals surface area contributed by atoms with Gasteiger partial charge in [-0.25, -0.2) is 4.39 Å². The fourth-order valence-corrected chi connectivity index (χ4v) is 5.53. The molecule has 2 heterocycles. The van der Waals surface area contributed by atoms with Crippen LogP contribution in [0.4, 0.5) is 15.8 Å². The van der Waals surface area contributed by atoms with Gasteiger partial charge in [0.15, 0.2) is 5.69 Å². The molecule has 1 fully saturated rings. The van der Waals surface area contributed by atoms with Gasteiger partial charge in [0.2, 0.25) is 5.91 Å². The van der Waals surface area contributed by atoms with Crippen LogP contribution in [-0.4, -0.2) is 33.1 Å². The predicted octanol–water partition coefficient (Wildman–Crippen LogP) is 3.89. The molecule has 0 spiro atoms.